The Labute approximate surface area is 157 Å². The molecule has 3 rings (SSSR count). The summed E-state index contributed by atoms with van der Waals surface area (Å²) in [6.07, 6.45) is 0. The number of hydrogen-bond acceptors (Lipinski definition) is 6. The summed E-state index contributed by atoms with van der Waals surface area (Å²) >= 11 is 0. The van der Waals surface area contributed by atoms with E-state index in [1.807, 2.05) is 6.92 Å². The highest BCUT2D eigenvalue weighted by molar-refractivity contribution is 7.89. The minimum Gasteiger partial charge on any atom is -0.454 e. The fourth-order valence-electron chi connectivity index (χ4n) is 2.52. The van der Waals surface area contributed by atoms with Gasteiger partial charge in [0.25, 0.3) is 5.91 Å². The van der Waals surface area contributed by atoms with Gasteiger partial charge in [0, 0.05) is 31.0 Å². The molecule has 27 heavy (non-hydrogen) atoms. The van der Waals surface area contributed by atoms with Gasteiger partial charge in [0.1, 0.15) is 0 Å². The molecule has 0 spiro atoms. The molecule has 9 heteroatoms. The predicted molar refractivity (Wildman–Crippen MR) is 98.8 cm³/mol. The molecule has 0 fully saturated rings. The Bertz CT molecular complexity index is 941. The first-order valence-corrected chi connectivity index (χ1v) is 9.69. The molecule has 1 aliphatic rings. The normalized spacial score (nSPS) is 12.8. The SMILES string of the molecule is COCCNS(=O)(=O)c1ccc(C(=O)Nc2cc3c(cc2C)OCO3)cc1. The van der Waals surface area contributed by atoms with Crippen LogP contribution in [0.2, 0.25) is 0 Å². The monoisotopic (exact) mass is 392 g/mol. The van der Waals surface area contributed by atoms with Crippen LogP contribution in [0, 0.1) is 6.92 Å². The van der Waals surface area contributed by atoms with Gasteiger partial charge >= 0.3 is 0 Å². The Kier molecular flexibility index (Phi) is 5.64. The zero-order valence-electron chi connectivity index (χ0n) is 14.9. The highest BCUT2D eigenvalue weighted by Crippen LogP contribution is 2.36. The van der Waals surface area contributed by atoms with E-state index in [0.29, 0.717) is 22.7 Å². The van der Waals surface area contributed by atoms with Crippen LogP contribution >= 0.6 is 0 Å². The third kappa shape index (κ3) is 4.38. The first kappa shape index (κ1) is 19.2. The molecule has 0 aliphatic carbocycles. The van der Waals surface area contributed by atoms with Crippen molar-refractivity contribution in [3.63, 3.8) is 0 Å². The van der Waals surface area contributed by atoms with Gasteiger partial charge in [-0.3, -0.25) is 4.79 Å². The summed E-state index contributed by atoms with van der Waals surface area (Å²) in [6.45, 7) is 2.44. The summed E-state index contributed by atoms with van der Waals surface area (Å²) < 4.78 is 42.1. The highest BCUT2D eigenvalue weighted by atomic mass is 32.2. The van der Waals surface area contributed by atoms with Crippen LogP contribution in [0.5, 0.6) is 11.5 Å². The first-order valence-electron chi connectivity index (χ1n) is 8.21. The fraction of sp³-hybridized carbons (Fsp3) is 0.278. The van der Waals surface area contributed by atoms with Crippen LogP contribution in [0.1, 0.15) is 15.9 Å². The molecule has 0 saturated heterocycles. The number of carbonyl (C=O) groups is 1. The maximum absolute atomic E-state index is 12.5. The number of hydrogen-bond donors (Lipinski definition) is 2. The first-order chi connectivity index (χ1) is 12.9. The van der Waals surface area contributed by atoms with Crippen LogP contribution in [0.25, 0.3) is 0 Å². The summed E-state index contributed by atoms with van der Waals surface area (Å²) in [5.74, 6) is 0.855. The molecule has 0 radical (unpaired) electrons. The van der Waals surface area contributed by atoms with Crippen LogP contribution in [0.4, 0.5) is 5.69 Å². The number of anilines is 1. The van der Waals surface area contributed by atoms with E-state index < -0.39 is 10.0 Å². The molecule has 144 valence electrons. The number of carbonyl (C=O) groups excluding carboxylic acids is 1. The lowest BCUT2D eigenvalue weighted by Gasteiger charge is -2.10. The van der Waals surface area contributed by atoms with Crippen molar-refractivity contribution in [2.24, 2.45) is 0 Å². The summed E-state index contributed by atoms with van der Waals surface area (Å²) in [6, 6.07) is 9.19. The smallest absolute Gasteiger partial charge is 0.255 e. The molecule has 0 saturated carbocycles. The second kappa shape index (κ2) is 7.95. The maximum Gasteiger partial charge on any atom is 0.255 e. The molecule has 1 aliphatic heterocycles. The highest BCUT2D eigenvalue weighted by Gasteiger charge is 2.18. The minimum atomic E-state index is -3.64. The van der Waals surface area contributed by atoms with Crippen molar-refractivity contribution in [1.82, 2.24) is 4.72 Å². The largest absolute Gasteiger partial charge is 0.454 e. The summed E-state index contributed by atoms with van der Waals surface area (Å²) in [5.41, 5.74) is 1.76. The third-order valence-corrected chi connectivity index (χ3v) is 5.47. The molecule has 2 N–H and O–H groups in total. The quantitative estimate of drug-likeness (QED) is 0.698. The second-order valence-electron chi connectivity index (χ2n) is 5.89. The van der Waals surface area contributed by atoms with Crippen LogP contribution < -0.4 is 19.5 Å². The molecule has 2 aromatic carbocycles. The Hall–Kier alpha value is -2.62. The number of amides is 1. The summed E-state index contributed by atoms with van der Waals surface area (Å²) in [7, 11) is -2.15. The van der Waals surface area contributed by atoms with Gasteiger partial charge in [-0.2, -0.15) is 0 Å². The molecule has 1 heterocycles. The van der Waals surface area contributed by atoms with E-state index in [2.05, 4.69) is 10.0 Å². The Morgan fingerprint density at radius 3 is 2.48 bits per heavy atom. The molecule has 0 aromatic heterocycles. The van der Waals surface area contributed by atoms with Gasteiger partial charge in [-0.15, -0.1) is 0 Å². The Morgan fingerprint density at radius 2 is 1.81 bits per heavy atom. The number of sulfonamides is 1. The lowest BCUT2D eigenvalue weighted by molar-refractivity contribution is 0.102. The molecule has 0 unspecified atom stereocenters. The Morgan fingerprint density at radius 1 is 1.15 bits per heavy atom. The van der Waals surface area contributed by atoms with Gasteiger partial charge in [0.2, 0.25) is 16.8 Å². The van der Waals surface area contributed by atoms with Crippen molar-refractivity contribution in [3.8, 4) is 11.5 Å². The molecule has 0 bridgehead atoms. The van der Waals surface area contributed by atoms with E-state index >= 15 is 0 Å². The van der Waals surface area contributed by atoms with Gasteiger partial charge in [0.15, 0.2) is 11.5 Å². The summed E-state index contributed by atoms with van der Waals surface area (Å²) in [4.78, 5) is 12.6. The van der Waals surface area contributed by atoms with Crippen molar-refractivity contribution in [2.45, 2.75) is 11.8 Å². The molecule has 2 aromatic rings. The van der Waals surface area contributed by atoms with Crippen LogP contribution in [-0.4, -0.2) is 41.4 Å². The van der Waals surface area contributed by atoms with Gasteiger partial charge < -0.3 is 19.5 Å². The van der Waals surface area contributed by atoms with Crippen LogP contribution in [0.3, 0.4) is 0 Å². The number of aryl methyl sites for hydroxylation is 1. The van der Waals surface area contributed by atoms with E-state index in [0.717, 1.165) is 5.56 Å². The Balaban J connectivity index is 1.71. The average molecular weight is 392 g/mol. The molecular weight excluding hydrogens is 372 g/mol. The molecule has 0 atom stereocenters. The average Bonchev–Trinajstić information content (AvgIpc) is 3.09. The predicted octanol–water partition coefficient (Wildman–Crippen LogP) is 1.90. The molecular formula is C18H20N2O6S. The van der Waals surface area contributed by atoms with E-state index in [1.54, 1.807) is 12.1 Å². The van der Waals surface area contributed by atoms with Crippen molar-refractivity contribution >= 4 is 21.6 Å². The van der Waals surface area contributed by atoms with Gasteiger partial charge in [0.05, 0.1) is 11.5 Å². The van der Waals surface area contributed by atoms with Crippen LogP contribution in [-0.2, 0) is 14.8 Å². The summed E-state index contributed by atoms with van der Waals surface area (Å²) in [5, 5.41) is 2.80. The number of benzene rings is 2. The standard InChI is InChI=1S/C18H20N2O6S/c1-12-9-16-17(26-11-25-16)10-15(12)20-18(21)13-3-5-14(6-4-13)27(22,23)19-7-8-24-2/h3-6,9-10,19H,7-8,11H2,1-2H3,(H,20,21). The third-order valence-electron chi connectivity index (χ3n) is 3.99. The maximum atomic E-state index is 12.5. The topological polar surface area (TPSA) is 103 Å². The van der Waals surface area contributed by atoms with E-state index in [9.17, 15) is 13.2 Å². The van der Waals surface area contributed by atoms with Gasteiger partial charge in [-0.25, -0.2) is 13.1 Å². The van der Waals surface area contributed by atoms with Crippen molar-refractivity contribution < 1.29 is 27.4 Å². The number of methoxy groups -OCH3 is 1. The van der Waals surface area contributed by atoms with Gasteiger partial charge in [-0.1, -0.05) is 0 Å². The van der Waals surface area contributed by atoms with Crippen molar-refractivity contribution in [2.75, 3.05) is 32.4 Å². The van der Waals surface area contributed by atoms with E-state index in [4.69, 9.17) is 14.2 Å². The number of nitrogens with one attached hydrogen (secondary N) is 2. The lowest BCUT2D eigenvalue weighted by Crippen LogP contribution is -2.27. The number of rotatable bonds is 7. The second-order valence-corrected chi connectivity index (χ2v) is 7.66. The van der Waals surface area contributed by atoms with E-state index in [1.165, 1.54) is 31.4 Å². The number of fused-ring (bicyclic) bond motifs is 1. The van der Waals surface area contributed by atoms with E-state index in [-0.39, 0.29) is 30.7 Å². The van der Waals surface area contributed by atoms with Crippen molar-refractivity contribution in [1.29, 1.82) is 0 Å². The van der Waals surface area contributed by atoms with Crippen molar-refractivity contribution in [3.05, 3.63) is 47.5 Å². The zero-order valence-corrected chi connectivity index (χ0v) is 15.8. The number of ether oxygens (including phenoxy) is 3. The molecule has 1 amide bonds. The molecule has 8 nitrogen and oxygen atoms in total. The minimum absolute atomic E-state index is 0.0782. The lowest BCUT2D eigenvalue weighted by atomic mass is 10.1. The van der Waals surface area contributed by atoms with Gasteiger partial charge in [-0.05, 0) is 42.8 Å². The fourth-order valence-corrected chi connectivity index (χ4v) is 3.53. The van der Waals surface area contributed by atoms with Crippen LogP contribution in [0.15, 0.2) is 41.3 Å². The zero-order chi connectivity index (χ0) is 19.4.